The highest BCUT2D eigenvalue weighted by atomic mass is 32.2. The highest BCUT2D eigenvalue weighted by Gasteiger charge is 2.16. The Kier molecular flexibility index (Phi) is 5.52. The van der Waals surface area contributed by atoms with Crippen molar-refractivity contribution < 1.29 is 17.9 Å². The average molecular weight is 300 g/mol. The highest BCUT2D eigenvalue weighted by molar-refractivity contribution is 7.89. The average Bonchev–Trinajstić information content (AvgIpc) is 2.38. The molecule has 0 aliphatic heterocycles. The molecule has 2 unspecified atom stereocenters. The number of carbonyl (C=O) groups excluding carboxylic acids is 1. The molecule has 1 rings (SSSR count). The van der Waals surface area contributed by atoms with Gasteiger partial charge < -0.3 is 10.1 Å². The molecule has 20 heavy (non-hydrogen) atoms. The molecule has 0 radical (unpaired) electrons. The normalized spacial score (nSPS) is 14.4. The number of primary sulfonamides is 1. The number of amides is 1. The predicted octanol–water partition coefficient (Wildman–Crippen LogP) is 1.02. The van der Waals surface area contributed by atoms with Gasteiger partial charge in [0.05, 0.1) is 4.90 Å². The number of nitrogens with two attached hydrogens (primary N) is 1. The molecule has 7 heteroatoms. The van der Waals surface area contributed by atoms with Crippen LogP contribution in [0.25, 0.3) is 0 Å². The van der Waals surface area contributed by atoms with Gasteiger partial charge in [0.15, 0.2) is 6.10 Å². The number of sulfonamides is 1. The summed E-state index contributed by atoms with van der Waals surface area (Å²) < 4.78 is 27.6. The smallest absolute Gasteiger partial charge is 0.260 e. The van der Waals surface area contributed by atoms with Crippen LogP contribution in [0.5, 0.6) is 5.75 Å². The molecule has 0 aromatic heterocycles. The quantitative estimate of drug-likeness (QED) is 0.819. The zero-order valence-corrected chi connectivity index (χ0v) is 12.6. The summed E-state index contributed by atoms with van der Waals surface area (Å²) in [4.78, 5) is 11.8. The van der Waals surface area contributed by atoms with E-state index in [1.807, 2.05) is 13.8 Å². The maximum atomic E-state index is 11.8. The van der Waals surface area contributed by atoms with Crippen LogP contribution in [-0.2, 0) is 14.8 Å². The first kappa shape index (κ1) is 16.5. The molecule has 0 saturated carbocycles. The van der Waals surface area contributed by atoms with Gasteiger partial charge in [0.1, 0.15) is 5.75 Å². The van der Waals surface area contributed by atoms with Crippen LogP contribution in [0.15, 0.2) is 29.2 Å². The first-order chi connectivity index (χ1) is 9.24. The SMILES string of the molecule is CCC(C)NC(=O)C(C)Oc1ccc(S(N)(=O)=O)cc1. The molecule has 0 aliphatic carbocycles. The molecule has 0 heterocycles. The van der Waals surface area contributed by atoms with Gasteiger partial charge in [-0.25, -0.2) is 13.6 Å². The molecule has 6 nitrogen and oxygen atoms in total. The molecule has 0 aliphatic rings. The summed E-state index contributed by atoms with van der Waals surface area (Å²) in [5, 5.41) is 7.80. The van der Waals surface area contributed by atoms with Crippen LogP contribution in [0.3, 0.4) is 0 Å². The number of benzene rings is 1. The topological polar surface area (TPSA) is 98.5 Å². The van der Waals surface area contributed by atoms with Gasteiger partial charge in [-0.15, -0.1) is 0 Å². The fourth-order valence-corrected chi connectivity index (χ4v) is 1.94. The van der Waals surface area contributed by atoms with E-state index in [1.165, 1.54) is 24.3 Å². The summed E-state index contributed by atoms with van der Waals surface area (Å²) in [5.74, 6) is 0.194. The van der Waals surface area contributed by atoms with E-state index >= 15 is 0 Å². The molecule has 3 N–H and O–H groups in total. The minimum absolute atomic E-state index is 0.00144. The van der Waals surface area contributed by atoms with Crippen molar-refractivity contribution >= 4 is 15.9 Å². The highest BCUT2D eigenvalue weighted by Crippen LogP contribution is 2.16. The summed E-state index contributed by atoms with van der Waals surface area (Å²) in [6.45, 7) is 5.51. The molecule has 112 valence electrons. The summed E-state index contributed by atoms with van der Waals surface area (Å²) in [6, 6.07) is 5.69. The van der Waals surface area contributed by atoms with Gasteiger partial charge in [0.25, 0.3) is 5.91 Å². The third kappa shape index (κ3) is 4.82. The van der Waals surface area contributed by atoms with Gasteiger partial charge >= 0.3 is 0 Å². The van der Waals surface area contributed by atoms with Crippen LogP contribution in [-0.4, -0.2) is 26.5 Å². The fraction of sp³-hybridized carbons (Fsp3) is 0.462. The molecule has 1 amide bonds. The van der Waals surface area contributed by atoms with Crippen LogP contribution in [0.2, 0.25) is 0 Å². The second-order valence-corrected chi connectivity index (χ2v) is 6.16. The summed E-state index contributed by atoms with van der Waals surface area (Å²) in [7, 11) is -3.72. The Bertz CT molecular complexity index is 554. The summed E-state index contributed by atoms with van der Waals surface area (Å²) in [5.41, 5.74) is 0. The van der Waals surface area contributed by atoms with Gasteiger partial charge in [-0.1, -0.05) is 6.92 Å². The number of carbonyl (C=O) groups is 1. The van der Waals surface area contributed by atoms with Crippen molar-refractivity contribution in [3.8, 4) is 5.75 Å². The van der Waals surface area contributed by atoms with Gasteiger partial charge in [0, 0.05) is 6.04 Å². The molecule has 2 atom stereocenters. The summed E-state index contributed by atoms with van der Waals surface area (Å²) in [6.07, 6.45) is 0.172. The molecule has 0 spiro atoms. The van der Waals surface area contributed by atoms with Crippen LogP contribution < -0.4 is 15.2 Å². The van der Waals surface area contributed by atoms with Crippen molar-refractivity contribution in [3.63, 3.8) is 0 Å². The maximum Gasteiger partial charge on any atom is 0.260 e. The minimum Gasteiger partial charge on any atom is -0.481 e. The van der Waals surface area contributed by atoms with E-state index in [2.05, 4.69) is 5.32 Å². The Hall–Kier alpha value is -1.60. The molecule has 0 bridgehead atoms. The minimum atomic E-state index is -3.72. The second kappa shape index (κ2) is 6.71. The Balaban J connectivity index is 2.67. The molecule has 0 saturated heterocycles. The Morgan fingerprint density at radius 3 is 2.30 bits per heavy atom. The van der Waals surface area contributed by atoms with E-state index in [1.54, 1.807) is 6.92 Å². The lowest BCUT2D eigenvalue weighted by atomic mass is 10.2. The third-order valence-corrected chi connectivity index (χ3v) is 3.76. The lowest BCUT2D eigenvalue weighted by Crippen LogP contribution is -2.40. The van der Waals surface area contributed by atoms with E-state index < -0.39 is 16.1 Å². The van der Waals surface area contributed by atoms with Crippen molar-refractivity contribution in [1.82, 2.24) is 5.32 Å². The summed E-state index contributed by atoms with van der Waals surface area (Å²) >= 11 is 0. The van der Waals surface area contributed by atoms with Gasteiger partial charge in [-0.3, -0.25) is 4.79 Å². The Morgan fingerprint density at radius 1 is 1.30 bits per heavy atom. The number of hydrogen-bond donors (Lipinski definition) is 2. The lowest BCUT2D eigenvalue weighted by Gasteiger charge is -2.17. The third-order valence-electron chi connectivity index (χ3n) is 2.84. The first-order valence-electron chi connectivity index (χ1n) is 6.34. The van der Waals surface area contributed by atoms with E-state index in [0.717, 1.165) is 6.42 Å². The number of ether oxygens (including phenoxy) is 1. The van der Waals surface area contributed by atoms with E-state index in [4.69, 9.17) is 9.88 Å². The molecule has 0 fully saturated rings. The molecule has 1 aromatic carbocycles. The van der Waals surface area contributed by atoms with Gasteiger partial charge in [-0.2, -0.15) is 0 Å². The first-order valence-corrected chi connectivity index (χ1v) is 7.88. The van der Waals surface area contributed by atoms with Gasteiger partial charge in [0.2, 0.25) is 10.0 Å². The molecule has 1 aromatic rings. The van der Waals surface area contributed by atoms with Crippen LogP contribution in [0.4, 0.5) is 0 Å². The van der Waals surface area contributed by atoms with E-state index in [-0.39, 0.29) is 16.8 Å². The molecular weight excluding hydrogens is 280 g/mol. The monoisotopic (exact) mass is 300 g/mol. The van der Waals surface area contributed by atoms with Gasteiger partial charge in [-0.05, 0) is 44.5 Å². The van der Waals surface area contributed by atoms with Crippen LogP contribution >= 0.6 is 0 Å². The van der Waals surface area contributed by atoms with Crippen molar-refractivity contribution in [3.05, 3.63) is 24.3 Å². The van der Waals surface area contributed by atoms with Crippen LogP contribution in [0.1, 0.15) is 27.2 Å². The maximum absolute atomic E-state index is 11.8. The predicted molar refractivity (Wildman–Crippen MR) is 75.8 cm³/mol. The zero-order valence-electron chi connectivity index (χ0n) is 11.8. The number of rotatable bonds is 6. The van der Waals surface area contributed by atoms with Crippen LogP contribution in [0, 0.1) is 0 Å². The van der Waals surface area contributed by atoms with Crippen molar-refractivity contribution in [2.75, 3.05) is 0 Å². The van der Waals surface area contributed by atoms with Crippen molar-refractivity contribution in [2.24, 2.45) is 5.14 Å². The van der Waals surface area contributed by atoms with E-state index in [0.29, 0.717) is 5.75 Å². The lowest BCUT2D eigenvalue weighted by molar-refractivity contribution is -0.127. The molecular formula is C13H20N2O4S. The van der Waals surface area contributed by atoms with Crippen molar-refractivity contribution in [2.45, 2.75) is 44.2 Å². The Morgan fingerprint density at radius 2 is 1.85 bits per heavy atom. The number of hydrogen-bond acceptors (Lipinski definition) is 4. The zero-order chi connectivity index (χ0) is 15.3. The second-order valence-electron chi connectivity index (χ2n) is 4.59. The van der Waals surface area contributed by atoms with E-state index in [9.17, 15) is 13.2 Å². The number of nitrogens with one attached hydrogen (secondary N) is 1. The van der Waals surface area contributed by atoms with Crippen molar-refractivity contribution in [1.29, 1.82) is 0 Å². The fourth-order valence-electron chi connectivity index (χ4n) is 1.43. The largest absolute Gasteiger partial charge is 0.481 e. The standard InChI is InChI=1S/C13H20N2O4S/c1-4-9(2)15-13(16)10(3)19-11-5-7-12(8-6-11)20(14,17)18/h5-10H,4H2,1-3H3,(H,15,16)(H2,14,17,18). The Labute approximate surface area is 119 Å².